The molecule has 0 spiro atoms. The topological polar surface area (TPSA) is 91.2 Å². The van der Waals surface area contributed by atoms with Gasteiger partial charge >= 0.3 is 0 Å². The van der Waals surface area contributed by atoms with E-state index in [2.05, 4.69) is 57.0 Å². The lowest BCUT2D eigenvalue weighted by atomic mass is 9.66. The first-order chi connectivity index (χ1) is 18.1. The van der Waals surface area contributed by atoms with Gasteiger partial charge in [-0.25, -0.2) is 4.89 Å². The molecule has 214 valence electrons. The number of rotatable bonds is 12. The Bertz CT molecular complexity index is 971. The van der Waals surface area contributed by atoms with Crippen molar-refractivity contribution in [1.82, 2.24) is 5.32 Å². The summed E-state index contributed by atoms with van der Waals surface area (Å²) in [6.07, 6.45) is 12.3. The smallest absolute Gasteiger partial charge is 0.127 e. The number of aliphatic hydroxyl groups is 1. The number of ether oxygens (including phenoxy) is 1. The van der Waals surface area contributed by atoms with Crippen molar-refractivity contribution in [3.05, 3.63) is 34.9 Å². The van der Waals surface area contributed by atoms with Crippen LogP contribution in [-0.2, 0) is 10.3 Å². The van der Waals surface area contributed by atoms with Crippen LogP contribution in [0, 0.1) is 11.8 Å². The molecule has 0 radical (unpaired) electrons. The summed E-state index contributed by atoms with van der Waals surface area (Å²) in [5.41, 5.74) is 2.68. The summed E-state index contributed by atoms with van der Waals surface area (Å²) in [6.45, 7) is 11.9. The fourth-order valence-electron chi connectivity index (χ4n) is 7.22. The SMILES string of the molecule is CCCCCCC(C)(C)c1cc(O)c2c(c1)OC(C)(C)[C@@H]1CC=C(C(O)CNC3CCC[C@H]3COO)CC21. The monoisotopic (exact) mass is 529 g/mol. The van der Waals surface area contributed by atoms with Gasteiger partial charge in [0.2, 0.25) is 0 Å². The van der Waals surface area contributed by atoms with Crippen LogP contribution < -0.4 is 10.1 Å². The van der Waals surface area contributed by atoms with E-state index < -0.39 is 6.10 Å². The van der Waals surface area contributed by atoms with E-state index in [1.165, 1.54) is 25.7 Å². The Kier molecular flexibility index (Phi) is 9.50. The fraction of sp³-hybridized carbons (Fsp3) is 0.750. The van der Waals surface area contributed by atoms with E-state index in [1.807, 2.05) is 6.07 Å². The first-order valence-corrected chi connectivity index (χ1v) is 15.0. The van der Waals surface area contributed by atoms with E-state index in [4.69, 9.17) is 9.99 Å². The lowest BCUT2D eigenvalue weighted by Gasteiger charge is -2.48. The molecule has 1 saturated carbocycles. The molecule has 3 aliphatic rings. The quantitative estimate of drug-likeness (QED) is 0.103. The third-order valence-electron chi connectivity index (χ3n) is 9.72. The molecule has 5 atom stereocenters. The van der Waals surface area contributed by atoms with Gasteiger partial charge in [0.15, 0.2) is 0 Å². The van der Waals surface area contributed by atoms with Crippen LogP contribution in [0.15, 0.2) is 23.8 Å². The standard InChI is InChI=1S/C32H51NO5/c1-6-7-8-9-15-31(2,3)23-17-27(34)30-24-16-21(13-14-25(24)32(4,5)38-29(30)18-23)28(35)19-33-26-12-10-11-22(26)20-37-36/h13,17-18,22,24-26,28,33-36H,6-12,14-16,19-20H2,1-5H3/t22-,24?,25+,26?,28?/m0/s1. The second kappa shape index (κ2) is 12.3. The highest BCUT2D eigenvalue weighted by atomic mass is 17.1. The summed E-state index contributed by atoms with van der Waals surface area (Å²) in [5, 5.41) is 34.9. The molecule has 1 aromatic carbocycles. The van der Waals surface area contributed by atoms with Gasteiger partial charge < -0.3 is 20.3 Å². The van der Waals surface area contributed by atoms with Crippen LogP contribution in [0.1, 0.15) is 116 Å². The zero-order chi connectivity index (χ0) is 27.5. The van der Waals surface area contributed by atoms with Gasteiger partial charge in [-0.05, 0) is 74.6 Å². The third-order valence-corrected chi connectivity index (χ3v) is 9.72. The van der Waals surface area contributed by atoms with Crippen LogP contribution in [0.4, 0.5) is 0 Å². The van der Waals surface area contributed by atoms with E-state index in [0.29, 0.717) is 25.3 Å². The van der Waals surface area contributed by atoms with Crippen molar-refractivity contribution >= 4 is 0 Å². The van der Waals surface area contributed by atoms with E-state index in [1.54, 1.807) is 0 Å². The first-order valence-electron chi connectivity index (χ1n) is 15.0. The van der Waals surface area contributed by atoms with Crippen LogP contribution in [0.5, 0.6) is 11.5 Å². The highest BCUT2D eigenvalue weighted by Crippen LogP contribution is 2.55. The van der Waals surface area contributed by atoms with E-state index in [0.717, 1.165) is 54.6 Å². The predicted octanol–water partition coefficient (Wildman–Crippen LogP) is 6.84. The van der Waals surface area contributed by atoms with Gasteiger partial charge in [-0.3, -0.25) is 5.26 Å². The number of hydrogen-bond donors (Lipinski definition) is 4. The number of allylic oxidation sites excluding steroid dienone is 1. The molecule has 0 bridgehead atoms. The normalized spacial score (nSPS) is 27.3. The molecule has 3 unspecified atom stereocenters. The average Bonchev–Trinajstić information content (AvgIpc) is 3.31. The minimum atomic E-state index is -0.579. The molecular weight excluding hydrogens is 478 g/mol. The molecule has 1 aliphatic heterocycles. The zero-order valence-electron chi connectivity index (χ0n) is 24.3. The summed E-state index contributed by atoms with van der Waals surface area (Å²) < 4.78 is 6.60. The highest BCUT2D eigenvalue weighted by molar-refractivity contribution is 5.54. The molecule has 6 heteroatoms. The number of hydrogen-bond acceptors (Lipinski definition) is 6. The van der Waals surface area contributed by atoms with Gasteiger partial charge in [-0.15, -0.1) is 0 Å². The summed E-state index contributed by atoms with van der Waals surface area (Å²) in [7, 11) is 0. The maximum atomic E-state index is 11.4. The van der Waals surface area contributed by atoms with Crippen molar-refractivity contribution in [2.75, 3.05) is 13.2 Å². The zero-order valence-corrected chi connectivity index (χ0v) is 24.3. The van der Waals surface area contributed by atoms with E-state index in [9.17, 15) is 10.2 Å². The van der Waals surface area contributed by atoms with Crippen molar-refractivity contribution in [2.45, 2.75) is 128 Å². The van der Waals surface area contributed by atoms with Crippen LogP contribution in [-0.4, -0.2) is 46.4 Å². The largest absolute Gasteiger partial charge is 0.508 e. The van der Waals surface area contributed by atoms with Crippen LogP contribution in [0.2, 0.25) is 0 Å². The number of aliphatic hydroxyl groups excluding tert-OH is 1. The van der Waals surface area contributed by atoms with Gasteiger partial charge in [-0.2, -0.15) is 0 Å². The Morgan fingerprint density at radius 3 is 2.71 bits per heavy atom. The fourth-order valence-corrected chi connectivity index (χ4v) is 7.22. The Morgan fingerprint density at radius 2 is 1.97 bits per heavy atom. The average molecular weight is 530 g/mol. The number of nitrogens with one attached hydrogen (secondary N) is 1. The third kappa shape index (κ3) is 6.41. The van der Waals surface area contributed by atoms with Crippen LogP contribution in [0.25, 0.3) is 0 Å². The van der Waals surface area contributed by atoms with Crippen molar-refractivity contribution in [3.8, 4) is 11.5 Å². The molecule has 4 N–H and O–H groups in total. The summed E-state index contributed by atoms with van der Waals surface area (Å²) in [6, 6.07) is 4.40. The Hall–Kier alpha value is -1.60. The van der Waals surface area contributed by atoms with Gasteiger partial charge in [0.25, 0.3) is 0 Å². The Balaban J connectivity index is 1.50. The molecule has 2 aliphatic carbocycles. The second-order valence-corrected chi connectivity index (χ2v) is 13.3. The van der Waals surface area contributed by atoms with Crippen molar-refractivity contribution in [1.29, 1.82) is 0 Å². The summed E-state index contributed by atoms with van der Waals surface area (Å²) >= 11 is 0. The van der Waals surface area contributed by atoms with Gasteiger partial charge in [0.05, 0.1) is 12.7 Å². The number of aromatic hydroxyl groups is 1. The van der Waals surface area contributed by atoms with Crippen LogP contribution >= 0.6 is 0 Å². The maximum absolute atomic E-state index is 11.4. The first kappa shape index (κ1) is 29.4. The predicted molar refractivity (Wildman–Crippen MR) is 152 cm³/mol. The molecule has 4 rings (SSSR count). The number of phenolic OH excluding ortho intramolecular Hbond substituents is 1. The molecule has 0 saturated heterocycles. The molecule has 1 aromatic rings. The second-order valence-electron chi connectivity index (χ2n) is 13.3. The van der Waals surface area contributed by atoms with Crippen LogP contribution in [0.3, 0.4) is 0 Å². The molecule has 0 aromatic heterocycles. The number of fused-ring (bicyclic) bond motifs is 3. The van der Waals surface area contributed by atoms with Gasteiger partial charge in [0, 0.05) is 35.9 Å². The van der Waals surface area contributed by atoms with Crippen molar-refractivity contribution in [3.63, 3.8) is 0 Å². The number of benzene rings is 1. The number of phenols is 1. The minimum absolute atomic E-state index is 0.0384. The molecular formula is C32H51NO5. The number of unbranched alkanes of at least 4 members (excludes halogenated alkanes) is 3. The molecule has 6 nitrogen and oxygen atoms in total. The molecule has 1 fully saturated rings. The lowest BCUT2D eigenvalue weighted by Crippen LogP contribution is -2.46. The Labute approximate surface area is 229 Å². The van der Waals surface area contributed by atoms with E-state index in [-0.39, 0.29) is 34.8 Å². The highest BCUT2D eigenvalue weighted by Gasteiger charge is 2.47. The van der Waals surface area contributed by atoms with Crippen molar-refractivity contribution < 1.29 is 25.1 Å². The maximum Gasteiger partial charge on any atom is 0.127 e. The lowest BCUT2D eigenvalue weighted by molar-refractivity contribution is -0.251. The molecule has 1 heterocycles. The van der Waals surface area contributed by atoms with E-state index >= 15 is 0 Å². The van der Waals surface area contributed by atoms with Gasteiger partial charge in [-0.1, -0.05) is 59.0 Å². The minimum Gasteiger partial charge on any atom is -0.508 e. The molecule has 38 heavy (non-hydrogen) atoms. The Morgan fingerprint density at radius 1 is 1.18 bits per heavy atom. The van der Waals surface area contributed by atoms with Gasteiger partial charge in [0.1, 0.15) is 17.1 Å². The molecule has 0 amide bonds. The van der Waals surface area contributed by atoms with Crippen molar-refractivity contribution in [2.24, 2.45) is 11.8 Å². The summed E-state index contributed by atoms with van der Waals surface area (Å²) in [4.78, 5) is 4.41. The summed E-state index contributed by atoms with van der Waals surface area (Å²) in [5.74, 6) is 1.75.